The van der Waals surface area contributed by atoms with E-state index in [4.69, 9.17) is 28.3 Å². The fourth-order valence-corrected chi connectivity index (χ4v) is 2.25. The summed E-state index contributed by atoms with van der Waals surface area (Å²) in [5.41, 5.74) is 0.496. The topological polar surface area (TPSA) is 66.0 Å². The van der Waals surface area contributed by atoms with E-state index in [1.807, 2.05) is 0 Å². The Hall–Kier alpha value is -1.04. The highest BCUT2D eigenvalue weighted by Gasteiger charge is 2.17. The standard InChI is InChI=1S/C10H5BrCl2N2O2/c11-8-7(10(16)17)14-9(15-8)5-2-1-4(12)3-6(5)13/h1-3H,(H,14,15)(H,16,17). The zero-order chi connectivity index (χ0) is 12.6. The van der Waals surface area contributed by atoms with Crippen LogP contribution in [0.2, 0.25) is 10.0 Å². The van der Waals surface area contributed by atoms with Crippen LogP contribution in [0, 0.1) is 0 Å². The minimum atomic E-state index is -1.12. The second kappa shape index (κ2) is 4.68. The van der Waals surface area contributed by atoms with Crippen molar-refractivity contribution in [2.24, 2.45) is 0 Å². The number of nitrogens with one attached hydrogen (secondary N) is 1. The van der Waals surface area contributed by atoms with E-state index in [0.29, 0.717) is 26.0 Å². The minimum Gasteiger partial charge on any atom is -0.476 e. The summed E-state index contributed by atoms with van der Waals surface area (Å²) < 4.78 is 0.297. The third-order valence-corrected chi connectivity index (χ3v) is 3.17. The van der Waals surface area contributed by atoms with Crippen molar-refractivity contribution >= 4 is 45.1 Å². The molecule has 1 aromatic carbocycles. The van der Waals surface area contributed by atoms with Crippen molar-refractivity contribution in [3.8, 4) is 11.4 Å². The number of aromatic nitrogens is 2. The molecule has 0 saturated heterocycles. The second-order valence-corrected chi connectivity index (χ2v) is 4.81. The van der Waals surface area contributed by atoms with Gasteiger partial charge in [-0.05, 0) is 34.1 Å². The number of carboxylic acids is 1. The molecule has 1 heterocycles. The average molecular weight is 336 g/mol. The van der Waals surface area contributed by atoms with E-state index in [2.05, 4.69) is 25.9 Å². The Morgan fingerprint density at radius 3 is 2.65 bits per heavy atom. The zero-order valence-electron chi connectivity index (χ0n) is 8.17. The molecule has 0 saturated carbocycles. The third-order valence-electron chi connectivity index (χ3n) is 2.05. The summed E-state index contributed by atoms with van der Waals surface area (Å²) in [6, 6.07) is 4.89. The normalized spacial score (nSPS) is 10.5. The number of H-pyrrole nitrogens is 1. The van der Waals surface area contributed by atoms with Gasteiger partial charge in [0.15, 0.2) is 5.69 Å². The molecule has 0 unspecified atom stereocenters. The van der Waals surface area contributed by atoms with Gasteiger partial charge in [-0.3, -0.25) is 0 Å². The monoisotopic (exact) mass is 334 g/mol. The molecule has 0 amide bonds. The lowest BCUT2D eigenvalue weighted by atomic mass is 10.2. The fourth-order valence-electron chi connectivity index (χ4n) is 1.30. The van der Waals surface area contributed by atoms with E-state index in [1.54, 1.807) is 18.2 Å². The van der Waals surface area contributed by atoms with Crippen molar-refractivity contribution in [1.29, 1.82) is 0 Å². The Labute approximate surface area is 115 Å². The molecule has 0 radical (unpaired) electrons. The molecule has 0 aliphatic heterocycles. The van der Waals surface area contributed by atoms with Crippen molar-refractivity contribution in [2.75, 3.05) is 0 Å². The molecule has 0 atom stereocenters. The van der Waals surface area contributed by atoms with E-state index in [-0.39, 0.29) is 5.69 Å². The molecule has 4 nitrogen and oxygen atoms in total. The van der Waals surface area contributed by atoms with Crippen LogP contribution in [0.15, 0.2) is 22.8 Å². The first-order chi connectivity index (χ1) is 7.99. The number of hydrogen-bond donors (Lipinski definition) is 2. The van der Waals surface area contributed by atoms with Gasteiger partial charge in [0.05, 0.1) is 5.02 Å². The van der Waals surface area contributed by atoms with Gasteiger partial charge in [0.1, 0.15) is 10.4 Å². The fraction of sp³-hybridized carbons (Fsp3) is 0. The molecular formula is C10H5BrCl2N2O2. The Bertz CT molecular complexity index is 598. The van der Waals surface area contributed by atoms with E-state index in [9.17, 15) is 4.79 Å². The van der Waals surface area contributed by atoms with E-state index < -0.39 is 5.97 Å². The maximum Gasteiger partial charge on any atom is 0.357 e. The molecule has 88 valence electrons. The van der Waals surface area contributed by atoms with Crippen molar-refractivity contribution in [2.45, 2.75) is 0 Å². The SMILES string of the molecule is O=C(O)c1nc(-c2ccc(Cl)cc2Cl)[nH]c1Br. The van der Waals surface area contributed by atoms with Crippen molar-refractivity contribution < 1.29 is 9.90 Å². The summed E-state index contributed by atoms with van der Waals surface area (Å²) in [6.45, 7) is 0. The molecule has 0 fully saturated rings. The van der Waals surface area contributed by atoms with Crippen molar-refractivity contribution in [3.05, 3.63) is 38.5 Å². The Morgan fingerprint density at radius 2 is 2.12 bits per heavy atom. The van der Waals surface area contributed by atoms with Gasteiger partial charge in [0.2, 0.25) is 0 Å². The van der Waals surface area contributed by atoms with Crippen LogP contribution in [-0.4, -0.2) is 21.0 Å². The molecule has 2 aromatic rings. The molecule has 0 bridgehead atoms. The van der Waals surface area contributed by atoms with E-state index in [1.165, 1.54) is 0 Å². The number of halogens is 3. The lowest BCUT2D eigenvalue weighted by molar-refractivity contribution is 0.0690. The molecule has 2 N–H and O–H groups in total. The maximum atomic E-state index is 10.8. The smallest absolute Gasteiger partial charge is 0.357 e. The van der Waals surface area contributed by atoms with Crippen LogP contribution in [0.1, 0.15) is 10.5 Å². The van der Waals surface area contributed by atoms with Gasteiger partial charge in [0, 0.05) is 10.6 Å². The number of nitrogens with zero attached hydrogens (tertiary/aromatic N) is 1. The van der Waals surface area contributed by atoms with Crippen LogP contribution in [0.4, 0.5) is 0 Å². The predicted octanol–water partition coefficient (Wildman–Crippen LogP) is 3.84. The molecule has 2 rings (SSSR count). The largest absolute Gasteiger partial charge is 0.476 e. The Morgan fingerprint density at radius 1 is 1.41 bits per heavy atom. The summed E-state index contributed by atoms with van der Waals surface area (Å²) in [5.74, 6) is -0.750. The molecule has 0 spiro atoms. The molecular weight excluding hydrogens is 331 g/mol. The predicted molar refractivity (Wildman–Crippen MR) is 68.7 cm³/mol. The van der Waals surface area contributed by atoms with Gasteiger partial charge in [-0.15, -0.1) is 0 Å². The number of imidazole rings is 1. The number of benzene rings is 1. The average Bonchev–Trinajstić information content (AvgIpc) is 2.60. The molecule has 1 aromatic heterocycles. The van der Waals surface area contributed by atoms with Crippen LogP contribution in [-0.2, 0) is 0 Å². The van der Waals surface area contributed by atoms with Gasteiger partial charge < -0.3 is 10.1 Å². The van der Waals surface area contributed by atoms with Crippen LogP contribution >= 0.6 is 39.1 Å². The molecule has 17 heavy (non-hydrogen) atoms. The van der Waals surface area contributed by atoms with Crippen molar-refractivity contribution in [1.82, 2.24) is 9.97 Å². The quantitative estimate of drug-likeness (QED) is 0.876. The lowest BCUT2D eigenvalue weighted by Gasteiger charge is -2.00. The van der Waals surface area contributed by atoms with Gasteiger partial charge >= 0.3 is 5.97 Å². The second-order valence-electron chi connectivity index (χ2n) is 3.18. The highest BCUT2D eigenvalue weighted by Crippen LogP contribution is 2.30. The van der Waals surface area contributed by atoms with Gasteiger partial charge in [0.25, 0.3) is 0 Å². The highest BCUT2D eigenvalue weighted by molar-refractivity contribution is 9.10. The minimum absolute atomic E-state index is 0.0917. The van der Waals surface area contributed by atoms with Gasteiger partial charge in [-0.1, -0.05) is 23.2 Å². The van der Waals surface area contributed by atoms with Gasteiger partial charge in [-0.25, -0.2) is 9.78 Å². The van der Waals surface area contributed by atoms with E-state index >= 15 is 0 Å². The van der Waals surface area contributed by atoms with Crippen LogP contribution in [0.3, 0.4) is 0 Å². The molecule has 0 aliphatic rings. The van der Waals surface area contributed by atoms with Crippen LogP contribution in [0.5, 0.6) is 0 Å². The number of aromatic amines is 1. The first-order valence-corrected chi connectivity index (χ1v) is 5.98. The number of rotatable bonds is 2. The van der Waals surface area contributed by atoms with E-state index in [0.717, 1.165) is 0 Å². The zero-order valence-corrected chi connectivity index (χ0v) is 11.3. The summed E-state index contributed by atoms with van der Waals surface area (Å²) in [5, 5.41) is 9.77. The highest BCUT2D eigenvalue weighted by atomic mass is 79.9. The summed E-state index contributed by atoms with van der Waals surface area (Å²) in [4.78, 5) is 17.6. The Kier molecular flexibility index (Phi) is 3.42. The summed E-state index contributed by atoms with van der Waals surface area (Å²) in [7, 11) is 0. The van der Waals surface area contributed by atoms with Crippen molar-refractivity contribution in [3.63, 3.8) is 0 Å². The first kappa shape index (κ1) is 12.4. The summed E-state index contributed by atoms with van der Waals surface area (Å²) >= 11 is 14.9. The lowest BCUT2D eigenvalue weighted by Crippen LogP contribution is -1.97. The number of hydrogen-bond acceptors (Lipinski definition) is 2. The molecule has 0 aliphatic carbocycles. The third kappa shape index (κ3) is 2.46. The number of carbonyl (C=O) groups is 1. The van der Waals surface area contributed by atoms with Crippen LogP contribution < -0.4 is 0 Å². The Balaban J connectivity index is 2.53. The summed E-state index contributed by atoms with van der Waals surface area (Å²) in [6.07, 6.45) is 0. The number of aromatic carboxylic acids is 1. The number of carboxylic acid groups (broad SMARTS) is 1. The van der Waals surface area contributed by atoms with Gasteiger partial charge in [-0.2, -0.15) is 0 Å². The van der Waals surface area contributed by atoms with Crippen LogP contribution in [0.25, 0.3) is 11.4 Å². The maximum absolute atomic E-state index is 10.8. The molecule has 7 heteroatoms. The first-order valence-electron chi connectivity index (χ1n) is 4.43.